The lowest BCUT2D eigenvalue weighted by atomic mass is 10.00. The molecular formula is C25H37N3O5. The first-order valence-corrected chi connectivity index (χ1v) is 11.5. The molecule has 0 spiro atoms. The Hall–Kier alpha value is -2.52. The fourth-order valence-electron chi connectivity index (χ4n) is 4.09. The van der Waals surface area contributed by atoms with Crippen LogP contribution in [-0.4, -0.2) is 66.6 Å². The van der Waals surface area contributed by atoms with Crippen LogP contribution in [0, 0.1) is 0 Å². The SMILES string of the molecule is CCOC(OCC)[C@H](C)N(Cc1cccc2ccccc12)C(CCC(N)C=O)CNC(=O)O. The van der Waals surface area contributed by atoms with Crippen molar-refractivity contribution < 1.29 is 24.2 Å². The summed E-state index contributed by atoms with van der Waals surface area (Å²) >= 11 is 0. The molecule has 0 radical (unpaired) electrons. The second-order valence-electron chi connectivity index (χ2n) is 8.05. The summed E-state index contributed by atoms with van der Waals surface area (Å²) in [6, 6.07) is 13.4. The Labute approximate surface area is 196 Å². The molecule has 0 saturated heterocycles. The van der Waals surface area contributed by atoms with E-state index < -0.39 is 18.4 Å². The molecule has 0 saturated carbocycles. The van der Waals surface area contributed by atoms with Gasteiger partial charge in [-0.15, -0.1) is 0 Å². The van der Waals surface area contributed by atoms with Gasteiger partial charge in [-0.25, -0.2) is 4.79 Å². The maximum Gasteiger partial charge on any atom is 0.404 e. The van der Waals surface area contributed by atoms with Gasteiger partial charge in [0, 0.05) is 32.3 Å². The maximum atomic E-state index is 11.3. The summed E-state index contributed by atoms with van der Waals surface area (Å²) in [6.45, 7) is 7.59. The Bertz CT molecular complexity index is 867. The van der Waals surface area contributed by atoms with Crippen molar-refractivity contribution in [1.29, 1.82) is 0 Å². The number of nitrogens with zero attached hydrogens (tertiary/aromatic N) is 1. The second-order valence-corrected chi connectivity index (χ2v) is 8.05. The molecule has 0 aromatic heterocycles. The molecule has 2 aromatic carbocycles. The van der Waals surface area contributed by atoms with E-state index in [1.165, 1.54) is 0 Å². The van der Waals surface area contributed by atoms with Crippen LogP contribution in [0.3, 0.4) is 0 Å². The molecule has 0 heterocycles. The minimum absolute atomic E-state index is 0.183. The summed E-state index contributed by atoms with van der Waals surface area (Å²) < 4.78 is 11.8. The zero-order chi connectivity index (χ0) is 24.2. The van der Waals surface area contributed by atoms with E-state index in [0.29, 0.717) is 32.6 Å². The summed E-state index contributed by atoms with van der Waals surface area (Å²) in [6.07, 6.45) is 0.136. The summed E-state index contributed by atoms with van der Waals surface area (Å²) in [4.78, 5) is 24.6. The molecule has 182 valence electrons. The van der Waals surface area contributed by atoms with E-state index in [-0.39, 0.29) is 18.6 Å². The molecular weight excluding hydrogens is 422 g/mol. The fraction of sp³-hybridized carbons (Fsp3) is 0.520. The Kier molecular flexibility index (Phi) is 11.3. The van der Waals surface area contributed by atoms with Crippen molar-refractivity contribution in [2.75, 3.05) is 19.8 Å². The van der Waals surface area contributed by atoms with Crippen LogP contribution in [0.2, 0.25) is 0 Å². The second kappa shape index (κ2) is 13.9. The topological polar surface area (TPSA) is 114 Å². The van der Waals surface area contributed by atoms with E-state index in [1.807, 2.05) is 39.0 Å². The van der Waals surface area contributed by atoms with E-state index in [9.17, 15) is 14.7 Å². The molecule has 0 aliphatic rings. The predicted octanol–water partition coefficient (Wildman–Crippen LogP) is 3.37. The number of hydrogen-bond acceptors (Lipinski definition) is 6. The van der Waals surface area contributed by atoms with Crippen molar-refractivity contribution in [1.82, 2.24) is 10.2 Å². The first kappa shape index (κ1) is 26.7. The monoisotopic (exact) mass is 459 g/mol. The Morgan fingerprint density at radius 3 is 2.42 bits per heavy atom. The van der Waals surface area contributed by atoms with Gasteiger partial charge in [-0.2, -0.15) is 0 Å². The number of nitrogens with two attached hydrogens (primary N) is 1. The highest BCUT2D eigenvalue weighted by Gasteiger charge is 2.31. The summed E-state index contributed by atoms with van der Waals surface area (Å²) in [7, 11) is 0. The van der Waals surface area contributed by atoms with Gasteiger partial charge in [0.1, 0.15) is 6.29 Å². The number of aldehydes is 1. The average molecular weight is 460 g/mol. The van der Waals surface area contributed by atoms with Gasteiger partial charge >= 0.3 is 6.09 Å². The number of hydrogen-bond donors (Lipinski definition) is 3. The van der Waals surface area contributed by atoms with Crippen LogP contribution in [0.1, 0.15) is 39.2 Å². The molecule has 0 fully saturated rings. The number of rotatable bonds is 15. The summed E-state index contributed by atoms with van der Waals surface area (Å²) in [5.74, 6) is 0. The first-order valence-electron chi connectivity index (χ1n) is 11.5. The highest BCUT2D eigenvalue weighted by atomic mass is 16.7. The highest BCUT2D eigenvalue weighted by molar-refractivity contribution is 5.85. The van der Waals surface area contributed by atoms with Crippen LogP contribution in [0.4, 0.5) is 4.79 Å². The number of carboxylic acid groups (broad SMARTS) is 1. The molecule has 0 bridgehead atoms. The van der Waals surface area contributed by atoms with Crippen molar-refractivity contribution in [2.24, 2.45) is 5.73 Å². The van der Waals surface area contributed by atoms with E-state index in [4.69, 9.17) is 15.2 Å². The quantitative estimate of drug-likeness (QED) is 0.276. The smallest absolute Gasteiger partial charge is 0.404 e. The minimum Gasteiger partial charge on any atom is -0.465 e. The van der Waals surface area contributed by atoms with Crippen molar-refractivity contribution in [2.45, 2.75) is 64.6 Å². The number of amides is 1. The molecule has 0 aliphatic heterocycles. The lowest BCUT2D eigenvalue weighted by Crippen LogP contribution is -2.52. The molecule has 0 aliphatic carbocycles. The van der Waals surface area contributed by atoms with E-state index in [0.717, 1.165) is 22.6 Å². The average Bonchev–Trinajstić information content (AvgIpc) is 2.82. The normalized spacial score (nSPS) is 14.4. The van der Waals surface area contributed by atoms with E-state index in [1.54, 1.807) is 0 Å². The van der Waals surface area contributed by atoms with Crippen molar-refractivity contribution >= 4 is 23.2 Å². The van der Waals surface area contributed by atoms with Crippen molar-refractivity contribution in [3.05, 3.63) is 48.0 Å². The fourth-order valence-corrected chi connectivity index (χ4v) is 4.09. The van der Waals surface area contributed by atoms with Gasteiger partial charge < -0.3 is 30.4 Å². The molecule has 2 unspecified atom stereocenters. The highest BCUT2D eigenvalue weighted by Crippen LogP contribution is 2.25. The van der Waals surface area contributed by atoms with Gasteiger partial charge in [-0.3, -0.25) is 4.90 Å². The summed E-state index contributed by atoms with van der Waals surface area (Å²) in [5, 5.41) is 14.0. The van der Waals surface area contributed by atoms with Crippen LogP contribution in [0.25, 0.3) is 10.8 Å². The van der Waals surface area contributed by atoms with Crippen LogP contribution in [0.15, 0.2) is 42.5 Å². The Morgan fingerprint density at radius 1 is 1.12 bits per heavy atom. The van der Waals surface area contributed by atoms with Gasteiger partial charge in [-0.05, 0) is 49.9 Å². The number of nitrogens with one attached hydrogen (secondary N) is 1. The molecule has 3 atom stereocenters. The van der Waals surface area contributed by atoms with Crippen LogP contribution in [0.5, 0.6) is 0 Å². The Balaban J connectivity index is 2.44. The molecule has 2 aromatic rings. The lowest BCUT2D eigenvalue weighted by Gasteiger charge is -2.40. The number of benzene rings is 2. The van der Waals surface area contributed by atoms with Crippen LogP contribution < -0.4 is 11.1 Å². The number of carbonyl (C=O) groups is 2. The van der Waals surface area contributed by atoms with E-state index in [2.05, 4.69) is 34.5 Å². The molecule has 8 nitrogen and oxygen atoms in total. The molecule has 8 heteroatoms. The van der Waals surface area contributed by atoms with Gasteiger partial charge in [0.2, 0.25) is 0 Å². The van der Waals surface area contributed by atoms with E-state index >= 15 is 0 Å². The zero-order valence-corrected chi connectivity index (χ0v) is 19.8. The first-order chi connectivity index (χ1) is 15.9. The third-order valence-electron chi connectivity index (χ3n) is 5.78. The molecule has 1 amide bonds. The minimum atomic E-state index is -1.09. The van der Waals surface area contributed by atoms with Gasteiger partial charge in [-0.1, -0.05) is 42.5 Å². The summed E-state index contributed by atoms with van der Waals surface area (Å²) in [5.41, 5.74) is 6.98. The third-order valence-corrected chi connectivity index (χ3v) is 5.78. The van der Waals surface area contributed by atoms with Crippen LogP contribution in [-0.2, 0) is 20.8 Å². The van der Waals surface area contributed by atoms with Crippen LogP contribution >= 0.6 is 0 Å². The third kappa shape index (κ3) is 8.08. The number of carbonyl (C=O) groups excluding carboxylic acids is 1. The predicted molar refractivity (Wildman–Crippen MR) is 129 cm³/mol. The number of ether oxygens (including phenoxy) is 2. The van der Waals surface area contributed by atoms with Crippen molar-refractivity contribution in [3.8, 4) is 0 Å². The van der Waals surface area contributed by atoms with Gasteiger partial charge in [0.15, 0.2) is 6.29 Å². The van der Waals surface area contributed by atoms with Gasteiger partial charge in [0.05, 0.1) is 12.1 Å². The molecule has 4 N–H and O–H groups in total. The molecule has 2 rings (SSSR count). The Morgan fingerprint density at radius 2 is 1.79 bits per heavy atom. The maximum absolute atomic E-state index is 11.3. The van der Waals surface area contributed by atoms with Crippen molar-refractivity contribution in [3.63, 3.8) is 0 Å². The van der Waals surface area contributed by atoms with Gasteiger partial charge in [0.25, 0.3) is 0 Å². The zero-order valence-electron chi connectivity index (χ0n) is 19.8. The molecule has 33 heavy (non-hydrogen) atoms. The standard InChI is InChI=1S/C25H37N3O5/c1-4-32-24(33-5-2)18(3)28(22(15-27-25(30)31)14-13-21(26)17-29)16-20-11-8-10-19-9-6-7-12-23(19)20/h6-12,17-18,21-22,24,27H,4-5,13-16,26H2,1-3H3,(H,30,31)/t18-,21?,22?/m0/s1. The lowest BCUT2D eigenvalue weighted by molar-refractivity contribution is -0.176. The largest absolute Gasteiger partial charge is 0.465 e. The number of fused-ring (bicyclic) bond motifs is 1.